The first-order valence-corrected chi connectivity index (χ1v) is 6.40. The van der Waals surface area contributed by atoms with Crippen LogP contribution in [-0.4, -0.2) is 34.1 Å². The molecule has 5 nitrogen and oxygen atoms in total. The Labute approximate surface area is 107 Å². The van der Waals surface area contributed by atoms with Crippen molar-refractivity contribution in [2.24, 2.45) is 12.5 Å². The van der Waals surface area contributed by atoms with Crippen LogP contribution < -0.4 is 0 Å². The third kappa shape index (κ3) is 2.41. The van der Waals surface area contributed by atoms with Crippen molar-refractivity contribution in [3.63, 3.8) is 0 Å². The number of hydrogen-bond donors (Lipinski definition) is 1. The summed E-state index contributed by atoms with van der Waals surface area (Å²) in [4.78, 5) is 11.6. The predicted molar refractivity (Wildman–Crippen MR) is 66.4 cm³/mol. The number of ether oxygens (including phenoxy) is 1. The van der Waals surface area contributed by atoms with Gasteiger partial charge in [-0.25, -0.2) is 0 Å². The Balaban J connectivity index is 2.22. The maximum Gasteiger partial charge on any atom is 0.312 e. The van der Waals surface area contributed by atoms with Crippen LogP contribution in [0.15, 0.2) is 6.07 Å². The van der Waals surface area contributed by atoms with E-state index in [2.05, 4.69) is 5.10 Å². The molecular formula is C13H20N2O3. The van der Waals surface area contributed by atoms with Crippen molar-refractivity contribution < 1.29 is 14.6 Å². The second-order valence-corrected chi connectivity index (χ2v) is 5.02. The molecule has 1 aliphatic rings. The monoisotopic (exact) mass is 252 g/mol. The van der Waals surface area contributed by atoms with Crippen LogP contribution in [-0.2, 0) is 29.4 Å². The van der Waals surface area contributed by atoms with E-state index in [0.717, 1.165) is 24.2 Å². The molecule has 1 saturated heterocycles. The molecule has 2 rings (SSSR count). The van der Waals surface area contributed by atoms with Gasteiger partial charge in [-0.2, -0.15) is 5.10 Å². The van der Waals surface area contributed by atoms with Gasteiger partial charge in [0.2, 0.25) is 0 Å². The lowest BCUT2D eigenvalue weighted by Gasteiger charge is -2.32. The molecule has 1 aromatic rings. The third-order valence-corrected chi connectivity index (χ3v) is 3.69. The molecule has 0 aliphatic carbocycles. The van der Waals surface area contributed by atoms with E-state index < -0.39 is 11.4 Å². The summed E-state index contributed by atoms with van der Waals surface area (Å²) in [5, 5.41) is 13.9. The first-order valence-electron chi connectivity index (χ1n) is 6.40. The predicted octanol–water partition coefficient (Wildman–Crippen LogP) is 1.41. The van der Waals surface area contributed by atoms with Crippen LogP contribution in [0.5, 0.6) is 0 Å². The van der Waals surface area contributed by atoms with E-state index in [-0.39, 0.29) is 0 Å². The second-order valence-electron chi connectivity index (χ2n) is 5.02. The van der Waals surface area contributed by atoms with Crippen molar-refractivity contribution in [2.75, 3.05) is 13.2 Å². The quantitative estimate of drug-likeness (QED) is 0.880. The van der Waals surface area contributed by atoms with E-state index in [9.17, 15) is 9.90 Å². The van der Waals surface area contributed by atoms with Crippen molar-refractivity contribution in [2.45, 2.75) is 32.6 Å². The minimum absolute atomic E-state index is 0.301. The zero-order valence-corrected chi connectivity index (χ0v) is 11.0. The number of aromatic nitrogens is 2. The Kier molecular flexibility index (Phi) is 3.71. The second kappa shape index (κ2) is 5.10. The first-order chi connectivity index (χ1) is 8.57. The third-order valence-electron chi connectivity index (χ3n) is 3.69. The summed E-state index contributed by atoms with van der Waals surface area (Å²) < 4.78 is 7.17. The molecule has 0 spiro atoms. The van der Waals surface area contributed by atoms with Gasteiger partial charge >= 0.3 is 5.97 Å². The van der Waals surface area contributed by atoms with Gasteiger partial charge in [-0.1, -0.05) is 6.92 Å². The molecule has 18 heavy (non-hydrogen) atoms. The summed E-state index contributed by atoms with van der Waals surface area (Å²) >= 11 is 0. The molecule has 0 bridgehead atoms. The molecule has 0 saturated carbocycles. The molecule has 1 atom stereocenters. The van der Waals surface area contributed by atoms with E-state index >= 15 is 0 Å². The van der Waals surface area contributed by atoms with Gasteiger partial charge < -0.3 is 9.84 Å². The Bertz CT molecular complexity index is 433. The maximum atomic E-state index is 11.6. The largest absolute Gasteiger partial charge is 0.481 e. The van der Waals surface area contributed by atoms with Gasteiger partial charge in [0.25, 0.3) is 0 Å². The van der Waals surface area contributed by atoms with Crippen LogP contribution in [0.4, 0.5) is 0 Å². The van der Waals surface area contributed by atoms with E-state index in [1.165, 1.54) is 0 Å². The SMILES string of the molecule is CCc1cc(CC2(C(=O)O)CCCOC2)n(C)n1. The van der Waals surface area contributed by atoms with Crippen molar-refractivity contribution >= 4 is 5.97 Å². The van der Waals surface area contributed by atoms with Gasteiger partial charge in [-0.15, -0.1) is 0 Å². The topological polar surface area (TPSA) is 64.3 Å². The zero-order chi connectivity index (χ0) is 13.2. The molecule has 1 unspecified atom stereocenters. The smallest absolute Gasteiger partial charge is 0.312 e. The average Bonchev–Trinajstić information content (AvgIpc) is 2.71. The van der Waals surface area contributed by atoms with Gasteiger partial charge in [-0.05, 0) is 25.3 Å². The van der Waals surface area contributed by atoms with Crippen LogP contribution >= 0.6 is 0 Å². The molecule has 1 aliphatic heterocycles. The van der Waals surface area contributed by atoms with E-state index in [1.54, 1.807) is 4.68 Å². The van der Waals surface area contributed by atoms with E-state index in [4.69, 9.17) is 4.74 Å². The van der Waals surface area contributed by atoms with Crippen LogP contribution in [0.2, 0.25) is 0 Å². The number of nitrogens with zero attached hydrogens (tertiary/aromatic N) is 2. The van der Waals surface area contributed by atoms with E-state index in [1.807, 2.05) is 20.0 Å². The molecule has 2 heterocycles. The number of carboxylic acids is 1. The number of carbonyl (C=O) groups is 1. The lowest BCUT2D eigenvalue weighted by molar-refractivity contribution is -0.157. The number of hydrogen-bond acceptors (Lipinski definition) is 3. The highest BCUT2D eigenvalue weighted by molar-refractivity contribution is 5.75. The minimum Gasteiger partial charge on any atom is -0.481 e. The lowest BCUT2D eigenvalue weighted by Crippen LogP contribution is -2.41. The van der Waals surface area contributed by atoms with Gasteiger partial charge in [0, 0.05) is 25.8 Å². The summed E-state index contributed by atoms with van der Waals surface area (Å²) in [5.41, 5.74) is 1.20. The summed E-state index contributed by atoms with van der Waals surface area (Å²) in [6.07, 6.45) is 2.84. The van der Waals surface area contributed by atoms with Crippen LogP contribution in [0.3, 0.4) is 0 Å². The van der Waals surface area contributed by atoms with Crippen molar-refractivity contribution in [1.82, 2.24) is 9.78 Å². The molecular weight excluding hydrogens is 232 g/mol. The van der Waals surface area contributed by atoms with E-state index in [0.29, 0.717) is 26.1 Å². The molecule has 0 amide bonds. The fourth-order valence-electron chi connectivity index (χ4n) is 2.49. The molecule has 1 fully saturated rings. The summed E-state index contributed by atoms with van der Waals surface area (Å²) in [6.45, 7) is 3.01. The maximum absolute atomic E-state index is 11.6. The fraction of sp³-hybridized carbons (Fsp3) is 0.692. The number of rotatable bonds is 4. The summed E-state index contributed by atoms with van der Waals surface area (Å²) in [5.74, 6) is -0.763. The molecule has 1 aromatic heterocycles. The lowest BCUT2D eigenvalue weighted by atomic mass is 9.78. The Morgan fingerprint density at radius 1 is 1.67 bits per heavy atom. The molecule has 0 aromatic carbocycles. The highest BCUT2D eigenvalue weighted by Crippen LogP contribution is 2.33. The van der Waals surface area contributed by atoms with Crippen LogP contribution in [0.25, 0.3) is 0 Å². The molecule has 100 valence electrons. The van der Waals surface area contributed by atoms with Crippen LogP contribution in [0, 0.1) is 5.41 Å². The minimum atomic E-state index is -0.781. The number of carboxylic acid groups (broad SMARTS) is 1. The fourth-order valence-corrected chi connectivity index (χ4v) is 2.49. The number of aliphatic carboxylic acids is 1. The number of aryl methyl sites for hydroxylation is 2. The Morgan fingerprint density at radius 2 is 2.44 bits per heavy atom. The Hall–Kier alpha value is -1.36. The summed E-state index contributed by atoms with van der Waals surface area (Å²) in [6, 6.07) is 2.00. The highest BCUT2D eigenvalue weighted by atomic mass is 16.5. The van der Waals surface area contributed by atoms with Gasteiger partial charge in [0.15, 0.2) is 0 Å². The molecule has 1 N–H and O–H groups in total. The van der Waals surface area contributed by atoms with Crippen molar-refractivity contribution in [3.05, 3.63) is 17.5 Å². The summed E-state index contributed by atoms with van der Waals surface area (Å²) in [7, 11) is 1.87. The van der Waals surface area contributed by atoms with Crippen LogP contribution in [0.1, 0.15) is 31.2 Å². The average molecular weight is 252 g/mol. The Morgan fingerprint density at radius 3 is 2.94 bits per heavy atom. The normalized spacial score (nSPS) is 24.1. The van der Waals surface area contributed by atoms with Crippen molar-refractivity contribution in [1.29, 1.82) is 0 Å². The molecule has 5 heteroatoms. The standard InChI is InChI=1S/C13H20N2O3/c1-3-10-7-11(15(2)14-10)8-13(12(16)17)5-4-6-18-9-13/h7H,3-6,8-9H2,1-2H3,(H,16,17). The first kappa shape index (κ1) is 13.1. The van der Waals surface area contributed by atoms with Gasteiger partial charge in [-0.3, -0.25) is 9.48 Å². The van der Waals surface area contributed by atoms with Gasteiger partial charge in [0.05, 0.1) is 17.7 Å². The molecule has 0 radical (unpaired) electrons. The van der Waals surface area contributed by atoms with Gasteiger partial charge in [0.1, 0.15) is 0 Å². The highest BCUT2D eigenvalue weighted by Gasteiger charge is 2.41. The van der Waals surface area contributed by atoms with Crippen molar-refractivity contribution in [3.8, 4) is 0 Å². The zero-order valence-electron chi connectivity index (χ0n) is 11.0.